The van der Waals surface area contributed by atoms with E-state index >= 15 is 0 Å². The summed E-state index contributed by atoms with van der Waals surface area (Å²) in [7, 11) is -2.58. The van der Waals surface area contributed by atoms with Crippen LogP contribution >= 0.6 is 0 Å². The largest absolute Gasteiger partial charge is 0.297 e. The van der Waals surface area contributed by atoms with E-state index in [0.29, 0.717) is 10.9 Å². The average molecular weight is 248 g/mol. The Morgan fingerprint density at radius 3 is 2.53 bits per heavy atom. The summed E-state index contributed by atoms with van der Waals surface area (Å²) in [6, 6.07) is 10.9. The van der Waals surface area contributed by atoms with Gasteiger partial charge in [-0.1, -0.05) is 49.1 Å². The summed E-state index contributed by atoms with van der Waals surface area (Å²) in [5, 5.41) is 1.50. The van der Waals surface area contributed by atoms with Crippen LogP contribution in [0.2, 0.25) is 0 Å². The molecule has 0 amide bonds. The van der Waals surface area contributed by atoms with Crippen LogP contribution in [0.5, 0.6) is 0 Å². The molecule has 2 aromatic carbocycles. The zero-order valence-corrected chi connectivity index (χ0v) is 10.2. The second-order valence-electron chi connectivity index (χ2n) is 3.53. The monoisotopic (exact) mass is 248 g/mol. The fourth-order valence-electron chi connectivity index (χ4n) is 1.78. The quantitative estimate of drug-likeness (QED) is 0.784. The summed E-state index contributed by atoms with van der Waals surface area (Å²) in [5.41, 5.74) is 0.547. The van der Waals surface area contributed by atoms with E-state index in [0.717, 1.165) is 12.5 Å². The van der Waals surface area contributed by atoms with Crippen LogP contribution < -0.4 is 0 Å². The molecule has 0 N–H and O–H groups in total. The smallest absolute Gasteiger partial charge is 0.270 e. The first-order chi connectivity index (χ1) is 8.10. The van der Waals surface area contributed by atoms with E-state index in [1.807, 2.05) is 18.2 Å². The lowest BCUT2D eigenvalue weighted by Gasteiger charge is -2.09. The molecule has 0 bridgehead atoms. The first-order valence-corrected chi connectivity index (χ1v) is 6.46. The molecule has 0 aliphatic rings. The van der Waals surface area contributed by atoms with E-state index in [-0.39, 0.29) is 4.90 Å². The fourth-order valence-corrected chi connectivity index (χ4v) is 2.84. The van der Waals surface area contributed by atoms with Gasteiger partial charge in [-0.05, 0) is 10.9 Å². The zero-order valence-electron chi connectivity index (χ0n) is 9.38. The third-order valence-corrected chi connectivity index (χ3v) is 3.99. The lowest BCUT2D eigenvalue weighted by atomic mass is 10.1. The molecular formula is C13H12O3S. The lowest BCUT2D eigenvalue weighted by Crippen LogP contribution is -2.05. The molecule has 3 nitrogen and oxygen atoms in total. The predicted molar refractivity (Wildman–Crippen MR) is 68.2 cm³/mol. The summed E-state index contributed by atoms with van der Waals surface area (Å²) >= 11 is 0. The van der Waals surface area contributed by atoms with E-state index in [2.05, 4.69) is 10.8 Å². The van der Waals surface area contributed by atoms with Gasteiger partial charge in [-0.15, -0.1) is 0 Å². The van der Waals surface area contributed by atoms with Crippen LogP contribution in [0, 0.1) is 0 Å². The third kappa shape index (κ3) is 1.97. The molecule has 0 aliphatic heterocycles. The third-order valence-electron chi connectivity index (χ3n) is 2.60. The number of hydrogen-bond donors (Lipinski definition) is 0. The molecule has 4 heteroatoms. The molecule has 0 radical (unpaired) electrons. The number of benzene rings is 2. The lowest BCUT2D eigenvalue weighted by molar-refractivity contribution is 0.398. The summed E-state index contributed by atoms with van der Waals surface area (Å²) < 4.78 is 28.4. The Hall–Kier alpha value is -1.65. The molecule has 0 atom stereocenters. The Kier molecular flexibility index (Phi) is 3.00. The highest BCUT2D eigenvalue weighted by Crippen LogP contribution is 2.28. The van der Waals surface area contributed by atoms with Crippen molar-refractivity contribution in [2.24, 2.45) is 0 Å². The van der Waals surface area contributed by atoms with Gasteiger partial charge in [0.05, 0.1) is 7.11 Å². The molecule has 0 spiro atoms. The van der Waals surface area contributed by atoms with E-state index < -0.39 is 10.1 Å². The topological polar surface area (TPSA) is 43.4 Å². The van der Waals surface area contributed by atoms with Crippen molar-refractivity contribution >= 4 is 27.0 Å². The zero-order chi connectivity index (χ0) is 12.5. The molecule has 0 aliphatic carbocycles. The van der Waals surface area contributed by atoms with Gasteiger partial charge in [-0.2, -0.15) is 8.42 Å². The molecule has 0 heterocycles. The van der Waals surface area contributed by atoms with Crippen LogP contribution in [0.4, 0.5) is 0 Å². The molecule has 0 unspecified atom stereocenters. The number of rotatable bonds is 3. The second-order valence-corrected chi connectivity index (χ2v) is 5.18. The van der Waals surface area contributed by atoms with Crippen LogP contribution in [0.1, 0.15) is 5.56 Å². The highest BCUT2D eigenvalue weighted by Gasteiger charge is 2.19. The minimum Gasteiger partial charge on any atom is -0.270 e. The van der Waals surface area contributed by atoms with Crippen molar-refractivity contribution in [2.75, 3.05) is 7.11 Å². The molecule has 0 saturated heterocycles. The molecule has 2 rings (SSSR count). The standard InChI is InChI=1S/C13H12O3S/c1-3-10-8-9-11-6-4-5-7-12(11)13(10)17(14,15)16-2/h3-9H,1H2,2H3. The Balaban J connectivity index is 2.96. The summed E-state index contributed by atoms with van der Waals surface area (Å²) in [5.74, 6) is 0. The molecule has 17 heavy (non-hydrogen) atoms. The van der Waals surface area contributed by atoms with E-state index in [1.165, 1.54) is 6.08 Å². The number of fused-ring (bicyclic) bond motifs is 1. The normalized spacial score (nSPS) is 11.6. The maximum absolute atomic E-state index is 11.9. The van der Waals surface area contributed by atoms with Crippen LogP contribution in [-0.4, -0.2) is 15.5 Å². The van der Waals surface area contributed by atoms with Gasteiger partial charge in [0, 0.05) is 5.39 Å². The predicted octanol–water partition coefficient (Wildman–Crippen LogP) is 2.82. The second kappa shape index (κ2) is 4.31. The van der Waals surface area contributed by atoms with Gasteiger partial charge in [0.2, 0.25) is 0 Å². The summed E-state index contributed by atoms with van der Waals surface area (Å²) in [4.78, 5) is 0.174. The Morgan fingerprint density at radius 2 is 1.88 bits per heavy atom. The SMILES string of the molecule is C=Cc1ccc2ccccc2c1S(=O)(=O)OC. The highest BCUT2D eigenvalue weighted by atomic mass is 32.2. The summed E-state index contributed by atoms with van der Waals surface area (Å²) in [6.45, 7) is 3.63. The molecule has 0 fully saturated rings. The number of hydrogen-bond acceptors (Lipinski definition) is 3. The molecule has 88 valence electrons. The molecule has 0 saturated carbocycles. The average Bonchev–Trinajstić information content (AvgIpc) is 2.37. The van der Waals surface area contributed by atoms with Crippen molar-refractivity contribution in [1.82, 2.24) is 0 Å². The first kappa shape index (κ1) is 11.8. The highest BCUT2D eigenvalue weighted by molar-refractivity contribution is 7.87. The van der Waals surface area contributed by atoms with Crippen molar-refractivity contribution in [3.8, 4) is 0 Å². The van der Waals surface area contributed by atoms with Gasteiger partial charge in [0.15, 0.2) is 0 Å². The van der Waals surface area contributed by atoms with Crippen LogP contribution in [0.15, 0.2) is 47.9 Å². The van der Waals surface area contributed by atoms with Gasteiger partial charge in [-0.3, -0.25) is 4.18 Å². The Bertz CT molecular complexity index is 672. The van der Waals surface area contributed by atoms with Gasteiger partial charge in [-0.25, -0.2) is 0 Å². The van der Waals surface area contributed by atoms with Crippen molar-refractivity contribution in [2.45, 2.75) is 4.90 Å². The van der Waals surface area contributed by atoms with E-state index in [9.17, 15) is 8.42 Å². The van der Waals surface area contributed by atoms with Crippen molar-refractivity contribution in [1.29, 1.82) is 0 Å². The maximum Gasteiger partial charge on any atom is 0.297 e. The van der Waals surface area contributed by atoms with Gasteiger partial charge in [0.25, 0.3) is 10.1 Å². The minimum atomic E-state index is -3.74. The first-order valence-electron chi connectivity index (χ1n) is 5.05. The van der Waals surface area contributed by atoms with Crippen molar-refractivity contribution in [3.05, 3.63) is 48.5 Å². The van der Waals surface area contributed by atoms with Crippen LogP contribution in [-0.2, 0) is 14.3 Å². The van der Waals surface area contributed by atoms with Gasteiger partial charge >= 0.3 is 0 Å². The van der Waals surface area contributed by atoms with Gasteiger partial charge < -0.3 is 0 Å². The van der Waals surface area contributed by atoms with Crippen LogP contribution in [0.25, 0.3) is 16.8 Å². The van der Waals surface area contributed by atoms with E-state index in [1.54, 1.807) is 18.2 Å². The minimum absolute atomic E-state index is 0.174. The molecule has 0 aromatic heterocycles. The van der Waals surface area contributed by atoms with Crippen molar-refractivity contribution in [3.63, 3.8) is 0 Å². The van der Waals surface area contributed by atoms with Crippen LogP contribution in [0.3, 0.4) is 0 Å². The fraction of sp³-hybridized carbons (Fsp3) is 0.0769. The Morgan fingerprint density at radius 1 is 1.18 bits per heavy atom. The van der Waals surface area contributed by atoms with Crippen molar-refractivity contribution < 1.29 is 12.6 Å². The maximum atomic E-state index is 11.9. The van der Waals surface area contributed by atoms with Gasteiger partial charge in [0.1, 0.15) is 4.90 Å². The Labute approximate surface area is 100 Å². The molecular weight excluding hydrogens is 236 g/mol. The van der Waals surface area contributed by atoms with E-state index in [4.69, 9.17) is 0 Å². The summed E-state index contributed by atoms with van der Waals surface area (Å²) in [6.07, 6.45) is 1.51. The molecule has 2 aromatic rings.